The number of hydrogen-bond acceptors (Lipinski definition) is 2. The Morgan fingerprint density at radius 2 is 1.94 bits per heavy atom. The lowest BCUT2D eigenvalue weighted by molar-refractivity contribution is 0.731. The summed E-state index contributed by atoms with van der Waals surface area (Å²) in [6, 6.07) is 6.17. The number of halogens is 1. The van der Waals surface area contributed by atoms with E-state index in [4.69, 9.17) is 0 Å². The molecule has 0 bridgehead atoms. The Morgan fingerprint density at radius 3 is 2.61 bits per heavy atom. The predicted octanol–water partition coefficient (Wildman–Crippen LogP) is 3.11. The van der Waals surface area contributed by atoms with Gasteiger partial charge in [-0.2, -0.15) is 10.2 Å². The quantitative estimate of drug-likeness (QED) is 0.692. The van der Waals surface area contributed by atoms with Gasteiger partial charge in [-0.3, -0.25) is 4.68 Å². The van der Waals surface area contributed by atoms with Crippen LogP contribution in [0.3, 0.4) is 0 Å². The van der Waals surface area contributed by atoms with Gasteiger partial charge < -0.3 is 0 Å². The Hall–Kier alpha value is -1.62. The average Bonchev–Trinajstić information content (AvgIpc) is 2.78. The normalized spacial score (nSPS) is 11.3. The second-order valence-corrected chi connectivity index (χ2v) is 5.24. The van der Waals surface area contributed by atoms with Crippen LogP contribution in [0.4, 0.5) is 0 Å². The summed E-state index contributed by atoms with van der Waals surface area (Å²) >= 11 is 3.39. The van der Waals surface area contributed by atoms with E-state index in [2.05, 4.69) is 45.2 Å². The van der Waals surface area contributed by atoms with E-state index in [1.165, 1.54) is 5.56 Å². The molecule has 5 heteroatoms. The molecule has 3 rings (SSSR count). The molecule has 0 radical (unpaired) electrons. The van der Waals surface area contributed by atoms with Crippen molar-refractivity contribution in [3.63, 3.8) is 0 Å². The van der Waals surface area contributed by atoms with Crippen molar-refractivity contribution in [3.8, 4) is 11.1 Å². The van der Waals surface area contributed by atoms with E-state index >= 15 is 0 Å². The molecule has 3 aromatic heterocycles. The van der Waals surface area contributed by atoms with Gasteiger partial charge in [0, 0.05) is 30.1 Å². The minimum absolute atomic E-state index is 0.847. The minimum atomic E-state index is 0.847. The molecule has 0 aliphatic rings. The molecule has 3 aromatic rings. The smallest absolute Gasteiger partial charge is 0.129 e. The second-order valence-electron chi connectivity index (χ2n) is 4.42. The molecular formula is C13H13BrN4. The van der Waals surface area contributed by atoms with Gasteiger partial charge in [0.25, 0.3) is 0 Å². The van der Waals surface area contributed by atoms with Gasteiger partial charge in [0.1, 0.15) is 4.60 Å². The largest absolute Gasteiger partial charge is 0.272 e. The zero-order valence-electron chi connectivity index (χ0n) is 10.5. The molecule has 0 aromatic carbocycles. The SMILES string of the molecule is Cc1nn(C)c(C)c1-c1ccc2cc(Br)nn2c1. The molecule has 0 saturated heterocycles. The Balaban J connectivity index is 2.24. The molecule has 0 aliphatic carbocycles. The first kappa shape index (κ1) is 11.5. The molecular weight excluding hydrogens is 292 g/mol. The van der Waals surface area contributed by atoms with Crippen LogP contribution in [0.25, 0.3) is 16.6 Å². The highest BCUT2D eigenvalue weighted by Gasteiger charge is 2.12. The van der Waals surface area contributed by atoms with Crippen molar-refractivity contribution in [1.29, 1.82) is 0 Å². The lowest BCUT2D eigenvalue weighted by atomic mass is 10.1. The number of fused-ring (bicyclic) bond motifs is 1. The number of pyridine rings is 1. The summed E-state index contributed by atoms with van der Waals surface area (Å²) in [6.45, 7) is 4.12. The number of nitrogens with zero attached hydrogens (tertiary/aromatic N) is 4. The molecule has 4 nitrogen and oxygen atoms in total. The van der Waals surface area contributed by atoms with Crippen LogP contribution in [0.2, 0.25) is 0 Å². The Kier molecular flexibility index (Phi) is 2.52. The first-order valence-electron chi connectivity index (χ1n) is 5.72. The lowest BCUT2D eigenvalue weighted by Gasteiger charge is -2.03. The number of aryl methyl sites for hydroxylation is 2. The van der Waals surface area contributed by atoms with Crippen LogP contribution in [-0.4, -0.2) is 19.4 Å². The Morgan fingerprint density at radius 1 is 1.17 bits per heavy atom. The summed E-state index contributed by atoms with van der Waals surface area (Å²) in [5.41, 5.74) is 5.61. The molecule has 92 valence electrons. The van der Waals surface area contributed by atoms with Gasteiger partial charge in [0.05, 0.1) is 11.2 Å². The fourth-order valence-electron chi connectivity index (χ4n) is 2.29. The number of hydrogen-bond donors (Lipinski definition) is 0. The molecule has 0 saturated carbocycles. The lowest BCUT2D eigenvalue weighted by Crippen LogP contribution is -1.93. The van der Waals surface area contributed by atoms with Gasteiger partial charge in [-0.25, -0.2) is 4.52 Å². The highest BCUT2D eigenvalue weighted by Crippen LogP contribution is 2.27. The van der Waals surface area contributed by atoms with Gasteiger partial charge in [-0.05, 0) is 41.9 Å². The molecule has 0 N–H and O–H groups in total. The van der Waals surface area contributed by atoms with E-state index in [1.807, 2.05) is 35.4 Å². The summed E-state index contributed by atoms with van der Waals surface area (Å²) in [5.74, 6) is 0. The van der Waals surface area contributed by atoms with Crippen LogP contribution >= 0.6 is 15.9 Å². The van der Waals surface area contributed by atoms with E-state index in [0.717, 1.165) is 27.1 Å². The molecule has 0 unspecified atom stereocenters. The van der Waals surface area contributed by atoms with Crippen molar-refractivity contribution in [2.75, 3.05) is 0 Å². The Bertz CT molecular complexity index is 739. The highest BCUT2D eigenvalue weighted by atomic mass is 79.9. The summed E-state index contributed by atoms with van der Waals surface area (Å²) in [4.78, 5) is 0. The van der Waals surface area contributed by atoms with Crippen molar-refractivity contribution in [2.45, 2.75) is 13.8 Å². The number of rotatable bonds is 1. The zero-order chi connectivity index (χ0) is 12.9. The van der Waals surface area contributed by atoms with E-state index in [1.54, 1.807) is 0 Å². The molecule has 18 heavy (non-hydrogen) atoms. The monoisotopic (exact) mass is 304 g/mol. The van der Waals surface area contributed by atoms with Crippen LogP contribution in [0.5, 0.6) is 0 Å². The third-order valence-electron chi connectivity index (χ3n) is 3.23. The van der Waals surface area contributed by atoms with Gasteiger partial charge >= 0.3 is 0 Å². The maximum Gasteiger partial charge on any atom is 0.129 e. The first-order chi connectivity index (χ1) is 8.56. The van der Waals surface area contributed by atoms with Gasteiger partial charge in [-0.1, -0.05) is 6.07 Å². The van der Waals surface area contributed by atoms with Crippen LogP contribution < -0.4 is 0 Å². The van der Waals surface area contributed by atoms with Crippen molar-refractivity contribution in [1.82, 2.24) is 19.4 Å². The van der Waals surface area contributed by atoms with Gasteiger partial charge in [0.15, 0.2) is 0 Å². The standard InChI is InChI=1S/C13H13BrN4/c1-8-13(9(2)17(3)15-8)10-4-5-11-6-12(14)16-18(11)7-10/h4-7H,1-3H3. The topological polar surface area (TPSA) is 35.1 Å². The second kappa shape index (κ2) is 3.95. The third-order valence-corrected chi connectivity index (χ3v) is 3.62. The summed E-state index contributed by atoms with van der Waals surface area (Å²) in [7, 11) is 1.97. The van der Waals surface area contributed by atoms with Crippen molar-refractivity contribution >= 4 is 21.4 Å². The molecule has 0 spiro atoms. The van der Waals surface area contributed by atoms with Crippen molar-refractivity contribution in [2.24, 2.45) is 7.05 Å². The van der Waals surface area contributed by atoms with Crippen LogP contribution in [-0.2, 0) is 7.05 Å². The van der Waals surface area contributed by atoms with E-state index in [-0.39, 0.29) is 0 Å². The maximum atomic E-state index is 4.45. The molecule has 3 heterocycles. The van der Waals surface area contributed by atoms with Crippen LogP contribution in [0.1, 0.15) is 11.4 Å². The average molecular weight is 305 g/mol. The summed E-state index contributed by atoms with van der Waals surface area (Å²) < 4.78 is 4.64. The molecule has 0 fully saturated rings. The van der Waals surface area contributed by atoms with E-state index in [9.17, 15) is 0 Å². The van der Waals surface area contributed by atoms with E-state index in [0.29, 0.717) is 0 Å². The zero-order valence-corrected chi connectivity index (χ0v) is 12.1. The highest BCUT2D eigenvalue weighted by molar-refractivity contribution is 9.10. The van der Waals surface area contributed by atoms with Crippen molar-refractivity contribution in [3.05, 3.63) is 40.4 Å². The third kappa shape index (κ3) is 1.66. The van der Waals surface area contributed by atoms with Crippen molar-refractivity contribution < 1.29 is 0 Å². The minimum Gasteiger partial charge on any atom is -0.272 e. The fourth-order valence-corrected chi connectivity index (χ4v) is 2.70. The molecule has 0 aliphatic heterocycles. The predicted molar refractivity (Wildman–Crippen MR) is 74.6 cm³/mol. The van der Waals surface area contributed by atoms with E-state index < -0.39 is 0 Å². The Labute approximate surface area is 113 Å². The maximum absolute atomic E-state index is 4.45. The van der Waals surface area contributed by atoms with Crippen LogP contribution in [0.15, 0.2) is 29.0 Å². The summed E-state index contributed by atoms with van der Waals surface area (Å²) in [5, 5.41) is 8.82. The molecule has 0 amide bonds. The summed E-state index contributed by atoms with van der Waals surface area (Å²) in [6.07, 6.45) is 2.04. The molecule has 0 atom stereocenters. The van der Waals surface area contributed by atoms with Gasteiger partial charge in [-0.15, -0.1) is 0 Å². The fraction of sp³-hybridized carbons (Fsp3) is 0.231. The van der Waals surface area contributed by atoms with Crippen LogP contribution in [0, 0.1) is 13.8 Å². The number of aromatic nitrogens is 4. The first-order valence-corrected chi connectivity index (χ1v) is 6.51. The van der Waals surface area contributed by atoms with Gasteiger partial charge in [0.2, 0.25) is 0 Å².